The van der Waals surface area contributed by atoms with E-state index in [-0.39, 0.29) is 17.2 Å². The number of aromatic amines is 1. The van der Waals surface area contributed by atoms with Crippen LogP contribution in [-0.2, 0) is 11.2 Å². The van der Waals surface area contributed by atoms with Gasteiger partial charge in [-0.3, -0.25) is 14.4 Å². The van der Waals surface area contributed by atoms with Crippen LogP contribution >= 0.6 is 11.8 Å². The summed E-state index contributed by atoms with van der Waals surface area (Å²) in [5.74, 6) is -0.251. The van der Waals surface area contributed by atoms with Crippen LogP contribution in [0.2, 0.25) is 0 Å². The van der Waals surface area contributed by atoms with Gasteiger partial charge in [0.15, 0.2) is 10.9 Å². The largest absolute Gasteiger partial charge is 0.325 e. The number of hydrogen-bond acceptors (Lipinski definition) is 5. The predicted octanol–water partition coefficient (Wildman–Crippen LogP) is 3.43. The summed E-state index contributed by atoms with van der Waals surface area (Å²) in [6, 6.07) is 8.32. The fourth-order valence-corrected chi connectivity index (χ4v) is 3.35. The molecule has 0 aliphatic heterocycles. The molecule has 1 aromatic carbocycles. The lowest BCUT2D eigenvalue weighted by atomic mass is 10.1. The molecule has 0 bridgehead atoms. The van der Waals surface area contributed by atoms with Gasteiger partial charge in [-0.1, -0.05) is 44.2 Å². The zero-order valence-electron chi connectivity index (χ0n) is 15.2. The van der Waals surface area contributed by atoms with Gasteiger partial charge in [-0.2, -0.15) is 0 Å². The molecule has 1 heterocycles. The van der Waals surface area contributed by atoms with Crippen LogP contribution in [-0.4, -0.2) is 26.9 Å². The molecule has 2 rings (SSSR count). The zero-order chi connectivity index (χ0) is 19.1. The number of thioether (sulfide) groups is 1. The van der Waals surface area contributed by atoms with E-state index in [1.54, 1.807) is 24.3 Å². The average molecular weight is 373 g/mol. The van der Waals surface area contributed by atoms with Gasteiger partial charge in [0.25, 0.3) is 5.56 Å². The van der Waals surface area contributed by atoms with Gasteiger partial charge >= 0.3 is 0 Å². The number of nitrogens with one attached hydrogen (secondary N) is 2. The Morgan fingerprint density at radius 1 is 1.27 bits per heavy atom. The molecule has 1 aromatic heterocycles. The second kappa shape index (κ2) is 9.33. The van der Waals surface area contributed by atoms with Crippen LogP contribution in [0.4, 0.5) is 5.69 Å². The van der Waals surface area contributed by atoms with Gasteiger partial charge in [0.2, 0.25) is 5.91 Å². The zero-order valence-corrected chi connectivity index (χ0v) is 16.0. The van der Waals surface area contributed by atoms with Gasteiger partial charge in [-0.15, -0.1) is 0 Å². The minimum absolute atomic E-state index is 0.0583. The standard InChI is InChI=1S/C19H23N3O3S/c1-4-7-14-11-17(24)22-19(21-14)26-16(5-2)18(25)20-15-9-6-8-13(10-15)12(3)23/h6,8-11,16H,4-5,7H2,1-3H3,(H,20,25)(H,21,22,24). The maximum atomic E-state index is 12.6. The maximum Gasteiger partial charge on any atom is 0.251 e. The van der Waals surface area contributed by atoms with Crippen molar-refractivity contribution < 1.29 is 9.59 Å². The molecule has 6 nitrogen and oxygen atoms in total. The molecule has 0 radical (unpaired) electrons. The number of carbonyl (C=O) groups excluding carboxylic acids is 2. The lowest BCUT2D eigenvalue weighted by molar-refractivity contribution is -0.115. The Hall–Kier alpha value is -2.41. The van der Waals surface area contributed by atoms with Crippen LogP contribution in [0.3, 0.4) is 0 Å². The van der Waals surface area contributed by atoms with E-state index >= 15 is 0 Å². The predicted molar refractivity (Wildman–Crippen MR) is 104 cm³/mol. The van der Waals surface area contributed by atoms with E-state index in [2.05, 4.69) is 15.3 Å². The number of H-pyrrole nitrogens is 1. The minimum atomic E-state index is -0.406. The van der Waals surface area contributed by atoms with E-state index in [4.69, 9.17) is 0 Å². The number of amides is 1. The summed E-state index contributed by atoms with van der Waals surface area (Å²) >= 11 is 1.24. The Bertz CT molecular complexity index is 848. The molecule has 0 aliphatic rings. The smallest absolute Gasteiger partial charge is 0.251 e. The number of ketones is 1. The first kappa shape index (κ1) is 19.9. The maximum absolute atomic E-state index is 12.6. The van der Waals surface area contributed by atoms with Crippen molar-refractivity contribution in [3.8, 4) is 0 Å². The first-order chi connectivity index (χ1) is 12.4. The number of nitrogens with zero attached hydrogens (tertiary/aromatic N) is 1. The Morgan fingerprint density at radius 3 is 2.69 bits per heavy atom. The number of anilines is 1. The summed E-state index contributed by atoms with van der Waals surface area (Å²) < 4.78 is 0. The Balaban J connectivity index is 2.13. The molecule has 1 atom stereocenters. The van der Waals surface area contributed by atoms with Gasteiger partial charge in [0.1, 0.15) is 0 Å². The van der Waals surface area contributed by atoms with E-state index in [1.807, 2.05) is 13.8 Å². The van der Waals surface area contributed by atoms with Gasteiger partial charge in [-0.25, -0.2) is 4.98 Å². The number of Topliss-reactive ketones (excluding diaryl/α,β-unsaturated/α-hetero) is 1. The second-order valence-electron chi connectivity index (χ2n) is 5.93. The summed E-state index contributed by atoms with van der Waals surface area (Å²) in [5, 5.41) is 2.87. The van der Waals surface area contributed by atoms with Crippen LogP contribution in [0.15, 0.2) is 40.3 Å². The molecule has 0 saturated carbocycles. The van der Waals surface area contributed by atoms with E-state index in [9.17, 15) is 14.4 Å². The van der Waals surface area contributed by atoms with Gasteiger partial charge in [-0.05, 0) is 31.9 Å². The highest BCUT2D eigenvalue weighted by molar-refractivity contribution is 8.00. The Morgan fingerprint density at radius 2 is 2.04 bits per heavy atom. The number of benzene rings is 1. The summed E-state index contributed by atoms with van der Waals surface area (Å²) in [5.41, 5.74) is 1.63. The molecular formula is C19H23N3O3S. The molecule has 0 saturated heterocycles. The molecule has 2 N–H and O–H groups in total. The SMILES string of the molecule is CCCc1cc(=O)[nH]c(SC(CC)C(=O)Nc2cccc(C(C)=O)c2)n1. The van der Waals surface area contributed by atoms with E-state index in [0.717, 1.165) is 18.5 Å². The van der Waals surface area contributed by atoms with Gasteiger partial charge in [0, 0.05) is 23.0 Å². The summed E-state index contributed by atoms with van der Waals surface area (Å²) in [6.07, 6.45) is 2.19. The number of carbonyl (C=O) groups is 2. The normalized spacial score (nSPS) is 11.8. The number of aryl methyl sites for hydroxylation is 1. The molecular weight excluding hydrogens is 350 g/mol. The van der Waals surface area contributed by atoms with Crippen LogP contribution in [0, 0.1) is 0 Å². The number of hydrogen-bond donors (Lipinski definition) is 2. The monoisotopic (exact) mass is 373 g/mol. The van der Waals surface area contributed by atoms with Crippen LogP contribution in [0.5, 0.6) is 0 Å². The van der Waals surface area contributed by atoms with Crippen molar-refractivity contribution in [2.45, 2.75) is 50.4 Å². The first-order valence-electron chi connectivity index (χ1n) is 8.61. The first-order valence-corrected chi connectivity index (χ1v) is 9.49. The van der Waals surface area contributed by atoms with Crippen molar-refractivity contribution >= 4 is 29.1 Å². The molecule has 138 valence electrons. The molecule has 26 heavy (non-hydrogen) atoms. The van der Waals surface area contributed by atoms with Crippen molar-refractivity contribution in [3.63, 3.8) is 0 Å². The highest BCUT2D eigenvalue weighted by Gasteiger charge is 2.20. The third-order valence-corrected chi connectivity index (χ3v) is 4.98. The van der Waals surface area contributed by atoms with Gasteiger partial charge < -0.3 is 10.3 Å². The third-order valence-electron chi connectivity index (χ3n) is 3.73. The number of aromatic nitrogens is 2. The summed E-state index contributed by atoms with van der Waals surface area (Å²) in [6.45, 7) is 5.40. The average Bonchev–Trinajstić information content (AvgIpc) is 2.59. The van der Waals surface area contributed by atoms with Crippen molar-refractivity contribution in [2.24, 2.45) is 0 Å². The van der Waals surface area contributed by atoms with Gasteiger partial charge in [0.05, 0.1) is 5.25 Å². The highest BCUT2D eigenvalue weighted by Crippen LogP contribution is 2.23. The minimum Gasteiger partial charge on any atom is -0.325 e. The molecule has 2 aromatic rings. The van der Waals surface area contributed by atoms with Crippen molar-refractivity contribution in [1.29, 1.82) is 0 Å². The fourth-order valence-electron chi connectivity index (χ4n) is 2.42. The quantitative estimate of drug-likeness (QED) is 0.420. The Kier molecular flexibility index (Phi) is 7.15. The van der Waals surface area contributed by atoms with E-state index in [0.29, 0.717) is 22.8 Å². The highest BCUT2D eigenvalue weighted by atomic mass is 32.2. The summed E-state index contributed by atoms with van der Waals surface area (Å²) in [7, 11) is 0. The Labute approximate surface area is 156 Å². The van der Waals surface area contributed by atoms with Crippen LogP contribution in [0.25, 0.3) is 0 Å². The van der Waals surface area contributed by atoms with Crippen molar-refractivity contribution in [1.82, 2.24) is 9.97 Å². The fraction of sp³-hybridized carbons (Fsp3) is 0.368. The van der Waals surface area contributed by atoms with Crippen LogP contribution < -0.4 is 10.9 Å². The molecule has 0 fully saturated rings. The molecule has 0 spiro atoms. The number of rotatable bonds is 8. The van der Waals surface area contributed by atoms with E-state index < -0.39 is 5.25 Å². The van der Waals surface area contributed by atoms with Crippen LogP contribution in [0.1, 0.15) is 49.7 Å². The lowest BCUT2D eigenvalue weighted by Crippen LogP contribution is -2.25. The second-order valence-corrected chi connectivity index (χ2v) is 7.12. The van der Waals surface area contributed by atoms with E-state index in [1.165, 1.54) is 24.8 Å². The van der Waals surface area contributed by atoms with Crippen molar-refractivity contribution in [2.75, 3.05) is 5.32 Å². The topological polar surface area (TPSA) is 91.9 Å². The van der Waals surface area contributed by atoms with Crippen molar-refractivity contribution in [3.05, 3.63) is 51.9 Å². The summed E-state index contributed by atoms with van der Waals surface area (Å²) in [4.78, 5) is 42.9. The molecule has 7 heteroatoms. The lowest BCUT2D eigenvalue weighted by Gasteiger charge is -2.14. The molecule has 0 aliphatic carbocycles. The molecule has 1 amide bonds. The third kappa shape index (κ3) is 5.56. The molecule has 1 unspecified atom stereocenters.